The number of carbonyl (C=O) groups is 1. The van der Waals surface area contributed by atoms with Gasteiger partial charge in [-0.1, -0.05) is 0 Å². The number of aromatic nitrogens is 4. The molecule has 2 aliphatic rings. The predicted molar refractivity (Wildman–Crippen MR) is 91.1 cm³/mol. The lowest BCUT2D eigenvalue weighted by Gasteiger charge is -2.37. The first-order valence-corrected chi connectivity index (χ1v) is 8.80. The molecule has 0 saturated carbocycles. The summed E-state index contributed by atoms with van der Waals surface area (Å²) in [6, 6.07) is -0.463. The zero-order valence-electron chi connectivity index (χ0n) is 14.9. The third-order valence-electron chi connectivity index (χ3n) is 5.17. The molecule has 27 heavy (non-hydrogen) atoms. The van der Waals surface area contributed by atoms with Crippen LogP contribution < -0.4 is 4.90 Å². The van der Waals surface area contributed by atoms with Gasteiger partial charge in [-0.15, -0.1) is 0 Å². The molecule has 0 spiro atoms. The van der Waals surface area contributed by atoms with Crippen LogP contribution in [0.4, 0.5) is 19.0 Å². The first kappa shape index (κ1) is 18.0. The number of piperazine rings is 1. The number of fused-ring (bicyclic) bond motifs is 1. The van der Waals surface area contributed by atoms with Gasteiger partial charge in [0.2, 0.25) is 5.91 Å². The topological polar surface area (TPSA) is 70.4 Å². The monoisotopic (exact) mass is 383 g/mol. The molecule has 0 radical (unpaired) electrons. The van der Waals surface area contributed by atoms with Crippen molar-refractivity contribution < 1.29 is 18.0 Å². The first-order valence-electron chi connectivity index (χ1n) is 8.80. The van der Waals surface area contributed by atoms with Gasteiger partial charge in [-0.25, -0.2) is 15.0 Å². The van der Waals surface area contributed by atoms with Crippen molar-refractivity contribution in [3.8, 4) is 0 Å². The van der Waals surface area contributed by atoms with Crippen molar-refractivity contribution in [1.82, 2.24) is 29.3 Å². The van der Waals surface area contributed by atoms with Crippen LogP contribution in [0.15, 0.2) is 12.7 Å². The van der Waals surface area contributed by atoms with Gasteiger partial charge in [-0.2, -0.15) is 13.2 Å². The van der Waals surface area contributed by atoms with Crippen LogP contribution in [0, 0.1) is 0 Å². The molecular weight excluding hydrogens is 363 g/mol. The van der Waals surface area contributed by atoms with E-state index in [4.69, 9.17) is 0 Å². The number of amides is 1. The van der Waals surface area contributed by atoms with Crippen LogP contribution in [0.3, 0.4) is 0 Å². The van der Waals surface area contributed by atoms with Crippen molar-refractivity contribution in [2.45, 2.75) is 18.6 Å². The fourth-order valence-corrected chi connectivity index (χ4v) is 3.84. The van der Waals surface area contributed by atoms with E-state index in [1.54, 1.807) is 6.33 Å². The molecule has 1 unspecified atom stereocenters. The molecule has 0 aliphatic carbocycles. The van der Waals surface area contributed by atoms with E-state index in [-0.39, 0.29) is 6.54 Å². The molecule has 0 aromatic carbocycles. The molecule has 1 atom stereocenters. The van der Waals surface area contributed by atoms with Crippen LogP contribution >= 0.6 is 0 Å². The van der Waals surface area contributed by atoms with Crippen LogP contribution in [-0.2, 0) is 11.8 Å². The molecule has 2 aromatic heterocycles. The molecule has 1 amide bonds. The Morgan fingerprint density at radius 1 is 1.11 bits per heavy atom. The van der Waals surface area contributed by atoms with Crippen molar-refractivity contribution in [3.63, 3.8) is 0 Å². The second-order valence-corrected chi connectivity index (χ2v) is 6.93. The average Bonchev–Trinajstić information content (AvgIpc) is 3.18. The lowest BCUT2D eigenvalue weighted by Crippen LogP contribution is -2.53. The minimum absolute atomic E-state index is 0.156. The highest BCUT2D eigenvalue weighted by Crippen LogP contribution is 2.26. The van der Waals surface area contributed by atoms with Crippen molar-refractivity contribution >= 4 is 22.9 Å². The maximum atomic E-state index is 12.6. The number of halogens is 3. The molecule has 4 rings (SSSR count). The summed E-state index contributed by atoms with van der Waals surface area (Å²) in [6.07, 6.45) is -0.732. The van der Waals surface area contributed by atoms with Crippen LogP contribution in [0.2, 0.25) is 0 Å². The van der Waals surface area contributed by atoms with E-state index in [1.807, 2.05) is 16.5 Å². The smallest absolute Gasteiger partial charge is 0.352 e. The normalized spacial score (nSPS) is 22.2. The van der Waals surface area contributed by atoms with Crippen molar-refractivity contribution in [3.05, 3.63) is 12.7 Å². The SMILES string of the molecule is Cn1cnc2c(N3CCN(C4CCN(CC(F)(F)F)C4=O)CC3)ncnc21. The first-order chi connectivity index (χ1) is 12.8. The molecule has 2 fully saturated rings. The van der Waals surface area contributed by atoms with Crippen LogP contribution in [-0.4, -0.2) is 86.7 Å². The Kier molecular flexibility index (Phi) is 4.41. The van der Waals surface area contributed by atoms with E-state index >= 15 is 0 Å². The number of imidazole rings is 1. The predicted octanol–water partition coefficient (Wildman–Crippen LogP) is 0.648. The molecule has 2 aliphatic heterocycles. The Morgan fingerprint density at radius 3 is 2.56 bits per heavy atom. The minimum atomic E-state index is -4.36. The average molecular weight is 383 g/mol. The molecule has 2 aromatic rings. The number of anilines is 1. The quantitative estimate of drug-likeness (QED) is 0.775. The largest absolute Gasteiger partial charge is 0.406 e. The molecule has 4 heterocycles. The number of aryl methyl sites for hydroxylation is 1. The van der Waals surface area contributed by atoms with Crippen LogP contribution in [0.25, 0.3) is 11.2 Å². The maximum absolute atomic E-state index is 12.6. The number of hydrogen-bond donors (Lipinski definition) is 0. The van der Waals surface area contributed by atoms with Gasteiger partial charge in [0, 0.05) is 39.8 Å². The summed E-state index contributed by atoms with van der Waals surface area (Å²) in [6.45, 7) is 1.44. The zero-order chi connectivity index (χ0) is 19.2. The van der Waals surface area contributed by atoms with E-state index in [1.165, 1.54) is 6.33 Å². The van der Waals surface area contributed by atoms with E-state index < -0.39 is 24.7 Å². The van der Waals surface area contributed by atoms with Gasteiger partial charge < -0.3 is 14.4 Å². The minimum Gasteiger partial charge on any atom is -0.352 e. The van der Waals surface area contributed by atoms with Gasteiger partial charge in [0.05, 0.1) is 12.4 Å². The summed E-state index contributed by atoms with van der Waals surface area (Å²) < 4.78 is 39.6. The van der Waals surface area contributed by atoms with Gasteiger partial charge in [0.15, 0.2) is 17.0 Å². The van der Waals surface area contributed by atoms with Gasteiger partial charge in [-0.05, 0) is 6.42 Å². The summed E-state index contributed by atoms with van der Waals surface area (Å²) in [5.74, 6) is 0.326. The van der Waals surface area contributed by atoms with E-state index in [9.17, 15) is 18.0 Å². The third-order valence-corrected chi connectivity index (χ3v) is 5.17. The zero-order valence-corrected chi connectivity index (χ0v) is 14.9. The van der Waals surface area contributed by atoms with Gasteiger partial charge >= 0.3 is 6.18 Å². The molecule has 11 heteroatoms. The van der Waals surface area contributed by atoms with Gasteiger partial charge in [-0.3, -0.25) is 9.69 Å². The number of hydrogen-bond acceptors (Lipinski definition) is 6. The Balaban J connectivity index is 1.41. The van der Waals surface area contributed by atoms with Gasteiger partial charge in [0.25, 0.3) is 0 Å². The summed E-state index contributed by atoms with van der Waals surface area (Å²) in [7, 11) is 1.86. The van der Waals surface area contributed by atoms with E-state index in [0.717, 1.165) is 21.9 Å². The fraction of sp³-hybridized carbons (Fsp3) is 0.625. The van der Waals surface area contributed by atoms with Crippen LogP contribution in [0.5, 0.6) is 0 Å². The number of likely N-dealkylation sites (tertiary alicyclic amines) is 1. The molecule has 0 N–H and O–H groups in total. The highest BCUT2D eigenvalue weighted by Gasteiger charge is 2.42. The fourth-order valence-electron chi connectivity index (χ4n) is 3.84. The summed E-state index contributed by atoms with van der Waals surface area (Å²) >= 11 is 0. The lowest BCUT2D eigenvalue weighted by atomic mass is 10.2. The van der Waals surface area contributed by atoms with Crippen molar-refractivity contribution in [2.75, 3.05) is 44.2 Å². The lowest BCUT2D eigenvalue weighted by molar-refractivity contribution is -0.159. The number of rotatable bonds is 3. The molecule has 146 valence electrons. The number of alkyl halides is 3. The van der Waals surface area contributed by atoms with Crippen molar-refractivity contribution in [2.24, 2.45) is 7.05 Å². The maximum Gasteiger partial charge on any atom is 0.406 e. The number of nitrogens with zero attached hydrogens (tertiary/aromatic N) is 7. The Bertz CT molecular complexity index is 844. The molecular formula is C16H20F3N7O. The Hall–Kier alpha value is -2.43. The van der Waals surface area contributed by atoms with Gasteiger partial charge in [0.1, 0.15) is 12.9 Å². The summed E-state index contributed by atoms with van der Waals surface area (Å²) in [4.78, 5) is 30.3. The molecule has 0 bridgehead atoms. The molecule has 2 saturated heterocycles. The third kappa shape index (κ3) is 3.43. The number of carbonyl (C=O) groups excluding carboxylic acids is 1. The summed E-state index contributed by atoms with van der Waals surface area (Å²) in [5, 5.41) is 0. The highest BCUT2D eigenvalue weighted by molar-refractivity contribution is 5.84. The van der Waals surface area contributed by atoms with E-state index in [0.29, 0.717) is 32.6 Å². The second kappa shape index (κ2) is 6.63. The van der Waals surface area contributed by atoms with Crippen LogP contribution in [0.1, 0.15) is 6.42 Å². The summed E-state index contributed by atoms with van der Waals surface area (Å²) in [5.41, 5.74) is 1.47. The standard InChI is InChI=1S/C16H20F3N7O/c1-23-10-22-12-13(23)20-9-21-14(12)25-6-4-24(5-7-25)11-2-3-26(15(11)27)8-16(17,18)19/h9-11H,2-8H2,1H3. The Labute approximate surface area is 153 Å². The highest BCUT2D eigenvalue weighted by atomic mass is 19.4. The Morgan fingerprint density at radius 2 is 1.85 bits per heavy atom. The molecule has 8 nitrogen and oxygen atoms in total. The van der Waals surface area contributed by atoms with Crippen molar-refractivity contribution in [1.29, 1.82) is 0 Å². The van der Waals surface area contributed by atoms with E-state index in [2.05, 4.69) is 19.9 Å². The second-order valence-electron chi connectivity index (χ2n) is 6.93.